The number of thioether (sulfide) groups is 1. The van der Waals surface area contributed by atoms with E-state index in [4.69, 9.17) is 21.1 Å². The third kappa shape index (κ3) is 6.31. The van der Waals surface area contributed by atoms with Crippen LogP contribution in [0.25, 0.3) is 6.08 Å². The maximum absolute atomic E-state index is 14.0. The van der Waals surface area contributed by atoms with Gasteiger partial charge in [-0.05, 0) is 66.7 Å². The predicted molar refractivity (Wildman–Crippen MR) is 141 cm³/mol. The van der Waals surface area contributed by atoms with Crippen LogP contribution in [0.1, 0.15) is 16.7 Å². The Balaban J connectivity index is 1.44. The number of hydrogen-bond acceptors (Lipinski definition) is 6. The summed E-state index contributed by atoms with van der Waals surface area (Å²) in [5.41, 5.74) is 2.41. The normalized spacial score (nSPS) is 14.3. The molecule has 3 amide bonds. The molecule has 1 aliphatic heterocycles. The molecule has 0 bridgehead atoms. The Morgan fingerprint density at radius 3 is 2.57 bits per heavy atom. The molecule has 10 heteroatoms. The number of anilines is 1. The molecule has 0 saturated carbocycles. The monoisotopic (exact) mass is 540 g/mol. The van der Waals surface area contributed by atoms with E-state index in [-0.39, 0.29) is 22.1 Å². The summed E-state index contributed by atoms with van der Waals surface area (Å²) >= 11 is 6.80. The van der Waals surface area contributed by atoms with E-state index in [1.807, 2.05) is 19.1 Å². The molecule has 3 aromatic rings. The minimum absolute atomic E-state index is 0.106. The third-order valence-corrected chi connectivity index (χ3v) is 6.69. The van der Waals surface area contributed by atoms with Crippen molar-refractivity contribution in [1.82, 2.24) is 4.90 Å². The molecule has 0 aromatic heterocycles. The Kier molecular flexibility index (Phi) is 8.15. The largest absolute Gasteiger partial charge is 0.493 e. The molecular weight excluding hydrogens is 519 g/mol. The number of rotatable bonds is 8. The molecule has 1 aliphatic rings. The summed E-state index contributed by atoms with van der Waals surface area (Å²) in [6.45, 7) is 1.42. The van der Waals surface area contributed by atoms with Gasteiger partial charge >= 0.3 is 0 Å². The van der Waals surface area contributed by atoms with Gasteiger partial charge in [0.2, 0.25) is 5.91 Å². The van der Waals surface area contributed by atoms with E-state index in [1.165, 1.54) is 25.3 Å². The second kappa shape index (κ2) is 11.5. The number of halogens is 2. The number of nitrogens with one attached hydrogen (secondary N) is 1. The summed E-state index contributed by atoms with van der Waals surface area (Å²) in [4.78, 5) is 38.7. The number of carbonyl (C=O) groups is 3. The zero-order valence-electron chi connectivity index (χ0n) is 19.9. The molecule has 1 fully saturated rings. The molecule has 0 unspecified atom stereocenters. The average molecular weight is 541 g/mol. The van der Waals surface area contributed by atoms with Crippen LogP contribution in [0.15, 0.2) is 65.6 Å². The highest BCUT2D eigenvalue weighted by Gasteiger charge is 2.36. The summed E-state index contributed by atoms with van der Waals surface area (Å²) in [7, 11) is 1.45. The lowest BCUT2D eigenvalue weighted by Gasteiger charge is -2.13. The van der Waals surface area contributed by atoms with Crippen molar-refractivity contribution in [3.8, 4) is 11.5 Å². The SMILES string of the molecule is COc1cc(/C=C2\SC(=O)N(CC(=O)Nc3ccc(C)cc3)C2=O)ccc1OCc1c(F)cccc1Cl. The van der Waals surface area contributed by atoms with Crippen molar-refractivity contribution >= 4 is 52.2 Å². The van der Waals surface area contributed by atoms with Crippen molar-refractivity contribution in [2.75, 3.05) is 19.0 Å². The van der Waals surface area contributed by atoms with Gasteiger partial charge in [-0.3, -0.25) is 19.3 Å². The molecule has 1 heterocycles. The average Bonchev–Trinajstić information content (AvgIpc) is 3.12. The molecule has 1 N–H and O–H groups in total. The number of ether oxygens (including phenoxy) is 2. The molecule has 190 valence electrons. The van der Waals surface area contributed by atoms with Crippen LogP contribution < -0.4 is 14.8 Å². The second-order valence-electron chi connectivity index (χ2n) is 8.08. The number of imide groups is 1. The smallest absolute Gasteiger partial charge is 0.294 e. The zero-order valence-corrected chi connectivity index (χ0v) is 21.5. The van der Waals surface area contributed by atoms with E-state index >= 15 is 0 Å². The van der Waals surface area contributed by atoms with Crippen LogP contribution in [0, 0.1) is 12.7 Å². The van der Waals surface area contributed by atoms with Gasteiger partial charge in [-0.2, -0.15) is 0 Å². The first kappa shape index (κ1) is 26.2. The maximum atomic E-state index is 14.0. The Hall–Kier alpha value is -3.82. The first-order chi connectivity index (χ1) is 17.7. The minimum atomic E-state index is -0.567. The van der Waals surface area contributed by atoms with Crippen molar-refractivity contribution in [1.29, 1.82) is 0 Å². The topological polar surface area (TPSA) is 84.9 Å². The molecule has 3 aromatic carbocycles. The van der Waals surface area contributed by atoms with Crippen LogP contribution in [-0.4, -0.2) is 35.6 Å². The van der Waals surface area contributed by atoms with Gasteiger partial charge in [-0.25, -0.2) is 4.39 Å². The van der Waals surface area contributed by atoms with E-state index in [9.17, 15) is 18.8 Å². The summed E-state index contributed by atoms with van der Waals surface area (Å²) in [6, 6.07) is 16.4. The highest BCUT2D eigenvalue weighted by atomic mass is 35.5. The van der Waals surface area contributed by atoms with Crippen molar-refractivity contribution < 1.29 is 28.2 Å². The fourth-order valence-electron chi connectivity index (χ4n) is 3.48. The van der Waals surface area contributed by atoms with Gasteiger partial charge in [0.05, 0.1) is 17.0 Å². The lowest BCUT2D eigenvalue weighted by Crippen LogP contribution is -2.36. The summed E-state index contributed by atoms with van der Waals surface area (Å²) in [5.74, 6) is -0.836. The fourth-order valence-corrected chi connectivity index (χ4v) is 4.54. The van der Waals surface area contributed by atoms with E-state index in [0.29, 0.717) is 22.7 Å². The van der Waals surface area contributed by atoms with Gasteiger partial charge in [-0.15, -0.1) is 0 Å². The molecule has 0 aliphatic carbocycles. The fraction of sp³-hybridized carbons (Fsp3) is 0.148. The Morgan fingerprint density at radius 2 is 1.86 bits per heavy atom. The molecule has 0 atom stereocenters. The molecule has 1 saturated heterocycles. The number of hydrogen-bond donors (Lipinski definition) is 1. The summed E-state index contributed by atoms with van der Waals surface area (Å²) < 4.78 is 25.1. The molecule has 0 spiro atoms. The van der Waals surface area contributed by atoms with Crippen LogP contribution in [-0.2, 0) is 16.2 Å². The maximum Gasteiger partial charge on any atom is 0.294 e. The van der Waals surface area contributed by atoms with Crippen molar-refractivity contribution in [2.24, 2.45) is 0 Å². The van der Waals surface area contributed by atoms with E-state index in [1.54, 1.807) is 36.4 Å². The lowest BCUT2D eigenvalue weighted by molar-refractivity contribution is -0.127. The first-order valence-electron chi connectivity index (χ1n) is 11.1. The van der Waals surface area contributed by atoms with Gasteiger partial charge in [0.15, 0.2) is 11.5 Å². The molecule has 4 rings (SSSR count). The lowest BCUT2D eigenvalue weighted by atomic mass is 10.1. The number of carbonyl (C=O) groups excluding carboxylic acids is 3. The summed E-state index contributed by atoms with van der Waals surface area (Å²) in [6.07, 6.45) is 1.53. The molecule has 37 heavy (non-hydrogen) atoms. The van der Waals surface area contributed by atoms with Crippen LogP contribution in [0.5, 0.6) is 11.5 Å². The van der Waals surface area contributed by atoms with Crippen LogP contribution in [0.4, 0.5) is 14.9 Å². The highest BCUT2D eigenvalue weighted by Crippen LogP contribution is 2.35. The number of amides is 3. The van der Waals surface area contributed by atoms with Gasteiger partial charge < -0.3 is 14.8 Å². The number of aryl methyl sites for hydroxylation is 1. The summed E-state index contributed by atoms with van der Waals surface area (Å²) in [5, 5.41) is 2.39. The number of methoxy groups -OCH3 is 1. The predicted octanol–water partition coefficient (Wildman–Crippen LogP) is 6.05. The van der Waals surface area contributed by atoms with Gasteiger partial charge in [0.1, 0.15) is 19.0 Å². The van der Waals surface area contributed by atoms with E-state index in [0.717, 1.165) is 22.2 Å². The van der Waals surface area contributed by atoms with Crippen LogP contribution >= 0.6 is 23.4 Å². The van der Waals surface area contributed by atoms with Crippen molar-refractivity contribution in [3.63, 3.8) is 0 Å². The minimum Gasteiger partial charge on any atom is -0.493 e. The molecule has 0 radical (unpaired) electrons. The Bertz CT molecular complexity index is 1370. The number of benzene rings is 3. The quantitative estimate of drug-likeness (QED) is 0.350. The first-order valence-corrected chi connectivity index (χ1v) is 12.3. The number of nitrogens with zero attached hydrogens (tertiary/aromatic N) is 1. The van der Waals surface area contributed by atoms with Crippen LogP contribution in [0.3, 0.4) is 0 Å². The Morgan fingerprint density at radius 1 is 1.11 bits per heavy atom. The molecular formula is C27H22ClFN2O5S. The Labute approximate surface area is 222 Å². The van der Waals surface area contributed by atoms with E-state index in [2.05, 4.69) is 5.32 Å². The van der Waals surface area contributed by atoms with Gasteiger partial charge in [0.25, 0.3) is 11.1 Å². The second-order valence-corrected chi connectivity index (χ2v) is 9.48. The highest BCUT2D eigenvalue weighted by molar-refractivity contribution is 8.18. The van der Waals surface area contributed by atoms with Gasteiger partial charge in [-0.1, -0.05) is 41.4 Å². The van der Waals surface area contributed by atoms with Gasteiger partial charge in [0, 0.05) is 11.3 Å². The zero-order chi connectivity index (χ0) is 26.5. The standard InChI is InChI=1S/C27H22ClFN2O5S/c1-16-6-9-18(10-7-16)30-25(32)14-31-26(33)24(37-27(31)34)13-17-8-11-22(23(12-17)35-2)36-15-19-20(28)4-3-5-21(19)29/h3-13H,14-15H2,1-2H3,(H,30,32)/b24-13-. The molecule has 7 nitrogen and oxygen atoms in total. The van der Waals surface area contributed by atoms with Crippen molar-refractivity contribution in [2.45, 2.75) is 13.5 Å². The van der Waals surface area contributed by atoms with Crippen molar-refractivity contribution in [3.05, 3.63) is 93.1 Å². The van der Waals surface area contributed by atoms with E-state index < -0.39 is 29.4 Å². The van der Waals surface area contributed by atoms with Crippen LogP contribution in [0.2, 0.25) is 5.02 Å². The third-order valence-electron chi connectivity index (χ3n) is 5.43.